The van der Waals surface area contributed by atoms with Gasteiger partial charge in [-0.3, -0.25) is 9.98 Å². The molecule has 1 aliphatic heterocycles. The van der Waals surface area contributed by atoms with Crippen LogP contribution < -0.4 is 10.6 Å². The molecule has 4 nitrogen and oxygen atoms in total. The van der Waals surface area contributed by atoms with Crippen LogP contribution in [0.1, 0.15) is 12.0 Å². The van der Waals surface area contributed by atoms with Crippen molar-refractivity contribution in [3.8, 4) is 0 Å². The van der Waals surface area contributed by atoms with Crippen LogP contribution in [0.5, 0.6) is 0 Å². The molecule has 0 radical (unpaired) electrons. The zero-order chi connectivity index (χ0) is 12.2. The molecule has 0 unspecified atom stereocenters. The lowest BCUT2D eigenvalue weighted by Gasteiger charge is -2.16. The van der Waals surface area contributed by atoms with Crippen molar-refractivity contribution in [1.82, 2.24) is 15.6 Å². The largest absolute Gasteiger partial charge is 0.356 e. The highest BCUT2D eigenvalue weighted by atomic mass is 15.2. The van der Waals surface area contributed by atoms with Crippen molar-refractivity contribution in [3.63, 3.8) is 0 Å². The number of para-hydroxylation sites is 1. The molecule has 2 heterocycles. The Morgan fingerprint density at radius 2 is 2.17 bits per heavy atom. The topological polar surface area (TPSA) is 49.3 Å². The van der Waals surface area contributed by atoms with E-state index in [0.717, 1.165) is 37.5 Å². The highest BCUT2D eigenvalue weighted by Gasteiger charge is 2.05. The van der Waals surface area contributed by atoms with E-state index < -0.39 is 0 Å². The molecular formula is C14H16N4. The SMILES string of the molecule is c1cnc2c(CNC3=NCCCN3)cccc2c1. The smallest absolute Gasteiger partial charge is 0.191 e. The quantitative estimate of drug-likeness (QED) is 0.839. The van der Waals surface area contributed by atoms with E-state index in [1.807, 2.05) is 12.3 Å². The minimum atomic E-state index is 0.750. The summed E-state index contributed by atoms with van der Waals surface area (Å²) < 4.78 is 0. The van der Waals surface area contributed by atoms with Crippen LogP contribution in [0.2, 0.25) is 0 Å². The van der Waals surface area contributed by atoms with E-state index >= 15 is 0 Å². The number of aromatic nitrogens is 1. The molecule has 0 saturated carbocycles. The summed E-state index contributed by atoms with van der Waals surface area (Å²) in [5, 5.41) is 7.76. The summed E-state index contributed by atoms with van der Waals surface area (Å²) >= 11 is 0. The molecule has 92 valence electrons. The highest BCUT2D eigenvalue weighted by Crippen LogP contribution is 2.15. The average molecular weight is 240 g/mol. The zero-order valence-electron chi connectivity index (χ0n) is 10.2. The molecular weight excluding hydrogens is 224 g/mol. The van der Waals surface area contributed by atoms with Crippen LogP contribution in [0.4, 0.5) is 0 Å². The van der Waals surface area contributed by atoms with Crippen LogP contribution in [-0.4, -0.2) is 24.0 Å². The number of hydrogen-bond donors (Lipinski definition) is 2. The van der Waals surface area contributed by atoms with Crippen molar-refractivity contribution in [2.75, 3.05) is 13.1 Å². The minimum Gasteiger partial charge on any atom is -0.356 e. The molecule has 1 aromatic carbocycles. The van der Waals surface area contributed by atoms with Gasteiger partial charge in [0.25, 0.3) is 0 Å². The Balaban J connectivity index is 1.80. The maximum absolute atomic E-state index is 4.44. The molecule has 1 aromatic heterocycles. The summed E-state index contributed by atoms with van der Waals surface area (Å²) in [7, 11) is 0. The van der Waals surface area contributed by atoms with Gasteiger partial charge in [-0.1, -0.05) is 24.3 Å². The van der Waals surface area contributed by atoms with Gasteiger partial charge in [0.1, 0.15) is 0 Å². The zero-order valence-corrected chi connectivity index (χ0v) is 10.2. The summed E-state index contributed by atoms with van der Waals surface area (Å²) in [6, 6.07) is 10.3. The van der Waals surface area contributed by atoms with Crippen LogP contribution in [0, 0.1) is 0 Å². The Hall–Kier alpha value is -2.10. The van der Waals surface area contributed by atoms with Gasteiger partial charge >= 0.3 is 0 Å². The maximum Gasteiger partial charge on any atom is 0.191 e. The molecule has 4 heteroatoms. The van der Waals surface area contributed by atoms with Gasteiger partial charge < -0.3 is 10.6 Å². The van der Waals surface area contributed by atoms with E-state index in [2.05, 4.69) is 44.9 Å². The predicted molar refractivity (Wildman–Crippen MR) is 73.5 cm³/mol. The Kier molecular flexibility index (Phi) is 3.08. The lowest BCUT2D eigenvalue weighted by Crippen LogP contribution is -2.40. The lowest BCUT2D eigenvalue weighted by molar-refractivity contribution is 0.702. The van der Waals surface area contributed by atoms with Crippen molar-refractivity contribution in [3.05, 3.63) is 42.1 Å². The van der Waals surface area contributed by atoms with Gasteiger partial charge in [-0.05, 0) is 18.1 Å². The van der Waals surface area contributed by atoms with Gasteiger partial charge in [0.05, 0.1) is 5.52 Å². The number of hydrogen-bond acceptors (Lipinski definition) is 4. The molecule has 2 aromatic rings. The van der Waals surface area contributed by atoms with Crippen LogP contribution >= 0.6 is 0 Å². The second kappa shape index (κ2) is 5.04. The molecule has 0 aliphatic carbocycles. The van der Waals surface area contributed by atoms with Crippen LogP contribution in [0.25, 0.3) is 10.9 Å². The van der Waals surface area contributed by atoms with Crippen LogP contribution in [0.15, 0.2) is 41.5 Å². The maximum atomic E-state index is 4.44. The molecule has 0 spiro atoms. The van der Waals surface area contributed by atoms with Crippen molar-refractivity contribution in [2.45, 2.75) is 13.0 Å². The second-order valence-corrected chi connectivity index (χ2v) is 4.36. The Bertz CT molecular complexity index is 572. The fourth-order valence-electron chi connectivity index (χ4n) is 2.14. The molecule has 3 rings (SSSR count). The van der Waals surface area contributed by atoms with Crippen LogP contribution in [-0.2, 0) is 6.54 Å². The van der Waals surface area contributed by atoms with E-state index in [9.17, 15) is 0 Å². The first-order valence-corrected chi connectivity index (χ1v) is 6.28. The van der Waals surface area contributed by atoms with Gasteiger partial charge in [-0.25, -0.2) is 0 Å². The molecule has 0 amide bonds. The number of pyridine rings is 1. The van der Waals surface area contributed by atoms with Crippen molar-refractivity contribution in [2.24, 2.45) is 4.99 Å². The molecule has 0 atom stereocenters. The Labute approximate surface area is 106 Å². The summed E-state index contributed by atoms with van der Waals surface area (Å²) in [6.45, 7) is 2.66. The molecule has 0 bridgehead atoms. The molecule has 2 N–H and O–H groups in total. The van der Waals surface area contributed by atoms with Crippen molar-refractivity contribution in [1.29, 1.82) is 0 Å². The molecule has 1 aliphatic rings. The van der Waals surface area contributed by atoms with E-state index in [1.165, 1.54) is 10.9 Å². The molecule has 0 fully saturated rings. The molecule has 0 saturated heterocycles. The fraction of sp³-hybridized carbons (Fsp3) is 0.286. The number of aliphatic imine (C=N–C) groups is 1. The van der Waals surface area contributed by atoms with Crippen LogP contribution in [0.3, 0.4) is 0 Å². The Morgan fingerprint density at radius 1 is 1.22 bits per heavy atom. The standard InChI is InChI=1S/C14H16N4/c1-4-11-6-2-7-15-13(11)12(5-1)10-18-14-16-8-3-9-17-14/h1-2,4-7H,3,8-10H2,(H2,16,17,18). The number of nitrogens with one attached hydrogen (secondary N) is 2. The average Bonchev–Trinajstić information content (AvgIpc) is 2.46. The summed E-state index contributed by atoms with van der Waals surface area (Å²) in [6.07, 6.45) is 2.95. The van der Waals surface area contributed by atoms with Crippen molar-refractivity contribution < 1.29 is 0 Å². The van der Waals surface area contributed by atoms with E-state index in [4.69, 9.17) is 0 Å². The fourth-order valence-corrected chi connectivity index (χ4v) is 2.14. The molecule has 18 heavy (non-hydrogen) atoms. The summed E-state index contributed by atoms with van der Waals surface area (Å²) in [5.74, 6) is 0.897. The first-order valence-electron chi connectivity index (χ1n) is 6.28. The third kappa shape index (κ3) is 2.27. The number of rotatable bonds is 2. The van der Waals surface area contributed by atoms with Crippen molar-refractivity contribution >= 4 is 16.9 Å². The summed E-state index contributed by atoms with van der Waals surface area (Å²) in [5.41, 5.74) is 2.26. The minimum absolute atomic E-state index is 0.750. The monoisotopic (exact) mass is 240 g/mol. The number of nitrogens with zero attached hydrogens (tertiary/aromatic N) is 2. The third-order valence-corrected chi connectivity index (χ3v) is 3.06. The van der Waals surface area contributed by atoms with E-state index in [0.29, 0.717) is 0 Å². The highest BCUT2D eigenvalue weighted by molar-refractivity contribution is 5.83. The van der Waals surface area contributed by atoms with Gasteiger partial charge in [-0.2, -0.15) is 0 Å². The lowest BCUT2D eigenvalue weighted by atomic mass is 10.1. The third-order valence-electron chi connectivity index (χ3n) is 3.06. The number of fused-ring (bicyclic) bond motifs is 1. The predicted octanol–water partition coefficient (Wildman–Crippen LogP) is 1.67. The number of benzene rings is 1. The van der Waals surface area contributed by atoms with Gasteiger partial charge in [-0.15, -0.1) is 0 Å². The Morgan fingerprint density at radius 3 is 3.06 bits per heavy atom. The first kappa shape index (κ1) is 11.0. The van der Waals surface area contributed by atoms with E-state index in [-0.39, 0.29) is 0 Å². The van der Waals surface area contributed by atoms with Gasteiger partial charge in [0.15, 0.2) is 5.96 Å². The van der Waals surface area contributed by atoms with E-state index in [1.54, 1.807) is 0 Å². The first-order chi connectivity index (χ1) is 8.93. The van der Waals surface area contributed by atoms with Gasteiger partial charge in [0.2, 0.25) is 0 Å². The normalized spacial score (nSPS) is 15.0. The number of guanidine groups is 1. The van der Waals surface area contributed by atoms with Gasteiger partial charge in [0, 0.05) is 31.2 Å². The second-order valence-electron chi connectivity index (χ2n) is 4.36. The summed E-state index contributed by atoms with van der Waals surface area (Å²) in [4.78, 5) is 8.84.